The van der Waals surface area contributed by atoms with Gasteiger partial charge in [0.05, 0.1) is 12.7 Å². The molecule has 0 spiro atoms. The lowest BCUT2D eigenvalue weighted by Crippen LogP contribution is -2.33. The van der Waals surface area contributed by atoms with Crippen molar-refractivity contribution in [1.29, 1.82) is 0 Å². The minimum atomic E-state index is -0.462. The number of aliphatic hydroxyl groups is 1. The summed E-state index contributed by atoms with van der Waals surface area (Å²) in [5.74, 6) is 0. The fraction of sp³-hybridized carbons (Fsp3) is 0.625. The highest BCUT2D eigenvalue weighted by Gasteiger charge is 2.14. The Morgan fingerprint density at radius 2 is 1.80 bits per heavy atom. The predicted octanol–water partition coefficient (Wildman–Crippen LogP) is 2.01. The van der Waals surface area contributed by atoms with Crippen LogP contribution >= 0.6 is 0 Å². The van der Waals surface area contributed by atoms with Crippen molar-refractivity contribution in [2.45, 2.75) is 19.4 Å². The third-order valence-electron chi connectivity index (χ3n) is 3.41. The van der Waals surface area contributed by atoms with Crippen LogP contribution in [0, 0.1) is 6.92 Å². The van der Waals surface area contributed by atoms with Gasteiger partial charge in [0, 0.05) is 40.5 Å². The van der Waals surface area contributed by atoms with E-state index in [1.165, 1.54) is 0 Å². The zero-order valence-electron chi connectivity index (χ0n) is 12.8. The molecule has 0 fully saturated rings. The number of nitrogens with zero attached hydrogens (tertiary/aromatic N) is 1. The minimum Gasteiger partial charge on any atom is -0.387 e. The molecule has 0 aromatic heterocycles. The summed E-state index contributed by atoms with van der Waals surface area (Å²) in [6, 6.07) is 7.98. The van der Waals surface area contributed by atoms with Gasteiger partial charge < -0.3 is 14.6 Å². The summed E-state index contributed by atoms with van der Waals surface area (Å²) in [6.07, 6.45) is 0.497. The summed E-state index contributed by atoms with van der Waals surface area (Å²) in [7, 11) is 3.41. The first-order chi connectivity index (χ1) is 9.69. The monoisotopic (exact) mass is 281 g/mol. The van der Waals surface area contributed by atoms with Gasteiger partial charge in [-0.25, -0.2) is 0 Å². The number of hydrogen-bond donors (Lipinski definition) is 1. The van der Waals surface area contributed by atoms with E-state index in [4.69, 9.17) is 9.47 Å². The van der Waals surface area contributed by atoms with Crippen molar-refractivity contribution in [3.8, 4) is 0 Å². The molecular weight excluding hydrogens is 254 g/mol. The first-order valence-corrected chi connectivity index (χ1v) is 7.13. The Kier molecular flexibility index (Phi) is 8.46. The van der Waals surface area contributed by atoms with E-state index in [0.29, 0.717) is 13.2 Å². The third kappa shape index (κ3) is 6.01. The fourth-order valence-electron chi connectivity index (χ4n) is 2.25. The molecule has 0 saturated carbocycles. The zero-order valence-corrected chi connectivity index (χ0v) is 12.8. The molecule has 0 bridgehead atoms. The molecule has 1 atom stereocenters. The van der Waals surface area contributed by atoms with Crippen molar-refractivity contribution in [3.63, 3.8) is 0 Å². The van der Waals surface area contributed by atoms with Crippen LogP contribution in [0.2, 0.25) is 0 Å². The highest BCUT2D eigenvalue weighted by atomic mass is 16.5. The second-order valence-corrected chi connectivity index (χ2v) is 5.01. The molecule has 1 aromatic rings. The van der Waals surface area contributed by atoms with Crippen molar-refractivity contribution in [1.82, 2.24) is 4.90 Å². The van der Waals surface area contributed by atoms with Crippen LogP contribution in [-0.2, 0) is 9.47 Å². The number of rotatable bonds is 10. The van der Waals surface area contributed by atoms with E-state index in [1.54, 1.807) is 14.2 Å². The number of benzene rings is 1. The fourth-order valence-corrected chi connectivity index (χ4v) is 2.25. The van der Waals surface area contributed by atoms with Gasteiger partial charge >= 0.3 is 0 Å². The van der Waals surface area contributed by atoms with E-state index in [1.807, 2.05) is 31.2 Å². The average Bonchev–Trinajstić information content (AvgIpc) is 2.45. The summed E-state index contributed by atoms with van der Waals surface area (Å²) in [5, 5.41) is 10.4. The quantitative estimate of drug-likeness (QED) is 0.666. The van der Waals surface area contributed by atoms with Gasteiger partial charge in [-0.15, -0.1) is 0 Å². The van der Waals surface area contributed by atoms with Crippen LogP contribution in [0.5, 0.6) is 0 Å². The average molecular weight is 281 g/mol. The molecule has 1 rings (SSSR count). The highest BCUT2D eigenvalue weighted by Crippen LogP contribution is 2.18. The molecule has 0 radical (unpaired) electrons. The van der Waals surface area contributed by atoms with Gasteiger partial charge in [-0.05, 0) is 24.5 Å². The lowest BCUT2D eigenvalue weighted by Gasteiger charge is -2.25. The van der Waals surface area contributed by atoms with Gasteiger partial charge in [-0.1, -0.05) is 24.3 Å². The van der Waals surface area contributed by atoms with Crippen LogP contribution < -0.4 is 0 Å². The SMILES string of the molecule is COCCCN(CCOC)CC(O)c1ccccc1C. The normalized spacial score (nSPS) is 12.8. The Morgan fingerprint density at radius 1 is 1.10 bits per heavy atom. The van der Waals surface area contributed by atoms with Gasteiger partial charge in [0.15, 0.2) is 0 Å². The molecule has 0 aliphatic rings. The number of ether oxygens (including phenoxy) is 2. The second kappa shape index (κ2) is 9.88. The van der Waals surface area contributed by atoms with Crippen LogP contribution in [0.1, 0.15) is 23.7 Å². The Labute approximate surface area is 122 Å². The molecule has 0 aliphatic heterocycles. The molecule has 4 nitrogen and oxygen atoms in total. The number of hydrogen-bond acceptors (Lipinski definition) is 4. The Morgan fingerprint density at radius 3 is 2.45 bits per heavy atom. The molecule has 1 aromatic carbocycles. The number of aryl methyl sites for hydroxylation is 1. The van der Waals surface area contributed by atoms with Gasteiger partial charge in [0.2, 0.25) is 0 Å². The molecule has 0 aliphatic carbocycles. The summed E-state index contributed by atoms with van der Waals surface area (Å²) in [5.41, 5.74) is 2.13. The summed E-state index contributed by atoms with van der Waals surface area (Å²) in [4.78, 5) is 2.22. The van der Waals surface area contributed by atoms with Crippen LogP contribution in [0.15, 0.2) is 24.3 Å². The molecule has 0 saturated heterocycles. The van der Waals surface area contributed by atoms with Crippen LogP contribution in [0.4, 0.5) is 0 Å². The third-order valence-corrected chi connectivity index (χ3v) is 3.41. The van der Waals surface area contributed by atoms with Gasteiger partial charge in [0.25, 0.3) is 0 Å². The second-order valence-electron chi connectivity index (χ2n) is 5.01. The van der Waals surface area contributed by atoms with Crippen LogP contribution in [0.3, 0.4) is 0 Å². The smallest absolute Gasteiger partial charge is 0.0919 e. The standard InChI is InChI=1S/C16H27NO3/c1-14-7-4-5-8-15(14)16(18)13-17(10-12-20-3)9-6-11-19-2/h4-5,7-8,16,18H,6,9-13H2,1-3H3. The molecule has 0 heterocycles. The Hall–Kier alpha value is -0.940. The Balaban J connectivity index is 2.56. The molecule has 20 heavy (non-hydrogen) atoms. The first-order valence-electron chi connectivity index (χ1n) is 7.13. The van der Waals surface area contributed by atoms with Gasteiger partial charge in [-0.2, -0.15) is 0 Å². The molecule has 4 heteroatoms. The van der Waals surface area contributed by atoms with E-state index in [2.05, 4.69) is 4.90 Å². The van der Waals surface area contributed by atoms with E-state index in [-0.39, 0.29) is 0 Å². The van der Waals surface area contributed by atoms with Crippen LogP contribution in [0.25, 0.3) is 0 Å². The van der Waals surface area contributed by atoms with Crippen molar-refractivity contribution in [2.24, 2.45) is 0 Å². The van der Waals surface area contributed by atoms with Crippen molar-refractivity contribution in [2.75, 3.05) is 47.1 Å². The maximum absolute atomic E-state index is 10.4. The molecule has 1 unspecified atom stereocenters. The van der Waals surface area contributed by atoms with Gasteiger partial charge in [0.1, 0.15) is 0 Å². The van der Waals surface area contributed by atoms with Crippen molar-refractivity contribution < 1.29 is 14.6 Å². The van der Waals surface area contributed by atoms with E-state index in [9.17, 15) is 5.11 Å². The molecule has 0 amide bonds. The maximum Gasteiger partial charge on any atom is 0.0919 e. The van der Waals surface area contributed by atoms with Crippen LogP contribution in [-0.4, -0.2) is 57.1 Å². The summed E-state index contributed by atoms with van der Waals surface area (Å²) < 4.78 is 10.2. The number of methoxy groups -OCH3 is 2. The summed E-state index contributed by atoms with van der Waals surface area (Å²) in [6.45, 7) is 5.79. The van der Waals surface area contributed by atoms with E-state index >= 15 is 0 Å². The molecule has 114 valence electrons. The van der Waals surface area contributed by atoms with Crippen molar-refractivity contribution >= 4 is 0 Å². The lowest BCUT2D eigenvalue weighted by atomic mass is 10.0. The topological polar surface area (TPSA) is 41.9 Å². The molecular formula is C16H27NO3. The summed E-state index contributed by atoms with van der Waals surface area (Å²) >= 11 is 0. The Bertz CT molecular complexity index is 370. The number of aliphatic hydroxyl groups excluding tert-OH is 1. The predicted molar refractivity (Wildman–Crippen MR) is 80.9 cm³/mol. The lowest BCUT2D eigenvalue weighted by molar-refractivity contribution is 0.0815. The van der Waals surface area contributed by atoms with E-state index in [0.717, 1.165) is 37.2 Å². The minimum absolute atomic E-state index is 0.462. The zero-order chi connectivity index (χ0) is 14.8. The molecule has 1 N–H and O–H groups in total. The maximum atomic E-state index is 10.4. The largest absolute Gasteiger partial charge is 0.387 e. The first kappa shape index (κ1) is 17.1. The van der Waals surface area contributed by atoms with E-state index < -0.39 is 6.10 Å². The van der Waals surface area contributed by atoms with Gasteiger partial charge in [-0.3, -0.25) is 4.90 Å². The van der Waals surface area contributed by atoms with Crippen molar-refractivity contribution in [3.05, 3.63) is 35.4 Å². The highest BCUT2D eigenvalue weighted by molar-refractivity contribution is 5.27.